The molecule has 1 aromatic rings. The van der Waals surface area contributed by atoms with Crippen LogP contribution in [0.5, 0.6) is 0 Å². The van der Waals surface area contributed by atoms with Crippen molar-refractivity contribution in [2.45, 2.75) is 33.2 Å². The summed E-state index contributed by atoms with van der Waals surface area (Å²) in [6.07, 6.45) is 4.82. The zero-order valence-corrected chi connectivity index (χ0v) is 8.40. The largest absolute Gasteiger partial charge is 0.303 e. The van der Waals surface area contributed by atoms with E-state index in [9.17, 15) is 4.79 Å². The molecule has 0 aliphatic carbocycles. The Labute approximate surface area is 78.8 Å². The summed E-state index contributed by atoms with van der Waals surface area (Å²) in [4.78, 5) is 10.4. The lowest BCUT2D eigenvalue weighted by Gasteiger charge is -2.03. The maximum atomic E-state index is 10.4. The first-order chi connectivity index (χ1) is 6.13. The molecular weight excluding hydrogens is 164 g/mol. The van der Waals surface area contributed by atoms with Gasteiger partial charge < -0.3 is 4.79 Å². The van der Waals surface area contributed by atoms with Gasteiger partial charge in [-0.3, -0.25) is 4.68 Å². The normalized spacial score (nSPS) is 13.2. The van der Waals surface area contributed by atoms with Gasteiger partial charge in [-0.15, -0.1) is 0 Å². The van der Waals surface area contributed by atoms with Crippen LogP contribution >= 0.6 is 0 Å². The Hall–Kier alpha value is -1.12. The molecule has 0 saturated heterocycles. The van der Waals surface area contributed by atoms with Crippen LogP contribution in [-0.4, -0.2) is 16.1 Å². The molecule has 0 spiro atoms. The third-order valence-corrected chi connectivity index (χ3v) is 2.03. The van der Waals surface area contributed by atoms with Gasteiger partial charge in [0.15, 0.2) is 0 Å². The van der Waals surface area contributed by atoms with E-state index in [2.05, 4.69) is 18.9 Å². The topological polar surface area (TPSA) is 34.9 Å². The Kier molecular flexibility index (Phi) is 3.23. The van der Waals surface area contributed by atoms with E-state index in [0.717, 1.165) is 6.29 Å². The maximum absolute atomic E-state index is 10.4. The van der Waals surface area contributed by atoms with Gasteiger partial charge >= 0.3 is 0 Å². The van der Waals surface area contributed by atoms with E-state index in [0.29, 0.717) is 12.5 Å². The molecule has 1 rings (SSSR count). The summed E-state index contributed by atoms with van der Waals surface area (Å²) in [5, 5.41) is 4.18. The molecule has 1 aromatic heterocycles. The van der Waals surface area contributed by atoms with Crippen molar-refractivity contribution < 1.29 is 4.79 Å². The standard InChI is InChI=1S/C10H16N2O/c1-8(2)10-4-11-12(6-10)5-9(3)7-13/h4,6-9H,5H2,1-3H3. The fourth-order valence-electron chi connectivity index (χ4n) is 1.12. The molecule has 0 radical (unpaired) electrons. The second kappa shape index (κ2) is 4.21. The summed E-state index contributed by atoms with van der Waals surface area (Å²) in [7, 11) is 0. The summed E-state index contributed by atoms with van der Waals surface area (Å²) >= 11 is 0. The van der Waals surface area contributed by atoms with Crippen LogP contribution in [-0.2, 0) is 11.3 Å². The van der Waals surface area contributed by atoms with Gasteiger partial charge in [-0.25, -0.2) is 0 Å². The number of carbonyl (C=O) groups is 1. The molecule has 0 amide bonds. The van der Waals surface area contributed by atoms with Crippen molar-refractivity contribution in [1.29, 1.82) is 0 Å². The number of carbonyl (C=O) groups excluding carboxylic acids is 1. The highest BCUT2D eigenvalue weighted by molar-refractivity contribution is 5.52. The van der Waals surface area contributed by atoms with Crippen LogP contribution in [0.25, 0.3) is 0 Å². The zero-order valence-electron chi connectivity index (χ0n) is 8.40. The van der Waals surface area contributed by atoms with Gasteiger partial charge in [-0.2, -0.15) is 5.10 Å². The highest BCUT2D eigenvalue weighted by Gasteiger charge is 2.05. The molecule has 0 aliphatic heterocycles. The quantitative estimate of drug-likeness (QED) is 0.663. The Morgan fingerprint density at radius 3 is 2.69 bits per heavy atom. The minimum absolute atomic E-state index is 0.0416. The van der Waals surface area contributed by atoms with Gasteiger partial charge in [0.2, 0.25) is 0 Å². The molecule has 72 valence electrons. The number of aromatic nitrogens is 2. The van der Waals surface area contributed by atoms with Crippen LogP contribution in [0, 0.1) is 5.92 Å². The van der Waals surface area contributed by atoms with Gasteiger partial charge in [0.25, 0.3) is 0 Å². The highest BCUT2D eigenvalue weighted by atomic mass is 16.1. The second-order valence-corrected chi connectivity index (χ2v) is 3.76. The van der Waals surface area contributed by atoms with Crippen LogP contribution in [0.1, 0.15) is 32.3 Å². The number of aldehydes is 1. The Morgan fingerprint density at radius 1 is 1.54 bits per heavy atom. The van der Waals surface area contributed by atoms with E-state index in [4.69, 9.17) is 0 Å². The van der Waals surface area contributed by atoms with Crippen molar-refractivity contribution in [3.05, 3.63) is 18.0 Å². The molecule has 0 N–H and O–H groups in total. The van der Waals surface area contributed by atoms with Crippen LogP contribution in [0.4, 0.5) is 0 Å². The van der Waals surface area contributed by atoms with E-state index < -0.39 is 0 Å². The molecule has 0 fully saturated rings. The average Bonchev–Trinajstić information content (AvgIpc) is 2.52. The molecule has 0 bridgehead atoms. The first-order valence-corrected chi connectivity index (χ1v) is 4.61. The average molecular weight is 180 g/mol. The summed E-state index contributed by atoms with van der Waals surface area (Å²) in [5.74, 6) is 0.542. The van der Waals surface area contributed by atoms with Crippen LogP contribution in [0.3, 0.4) is 0 Å². The van der Waals surface area contributed by atoms with E-state index in [1.165, 1.54) is 5.56 Å². The van der Waals surface area contributed by atoms with Gasteiger partial charge in [-0.05, 0) is 11.5 Å². The van der Waals surface area contributed by atoms with E-state index >= 15 is 0 Å². The van der Waals surface area contributed by atoms with Gasteiger partial charge in [0, 0.05) is 12.1 Å². The first-order valence-electron chi connectivity index (χ1n) is 4.61. The molecule has 0 aromatic carbocycles. The molecule has 1 atom stereocenters. The van der Waals surface area contributed by atoms with Crippen molar-refractivity contribution >= 4 is 6.29 Å². The summed E-state index contributed by atoms with van der Waals surface area (Å²) < 4.78 is 1.83. The van der Waals surface area contributed by atoms with E-state index in [1.54, 1.807) is 0 Å². The lowest BCUT2D eigenvalue weighted by Crippen LogP contribution is -2.08. The molecular formula is C10H16N2O. The summed E-state index contributed by atoms with van der Waals surface area (Å²) in [6.45, 7) is 6.83. The molecule has 1 heterocycles. The smallest absolute Gasteiger partial charge is 0.124 e. The van der Waals surface area contributed by atoms with Gasteiger partial charge in [-0.1, -0.05) is 20.8 Å². The van der Waals surface area contributed by atoms with Crippen molar-refractivity contribution in [3.8, 4) is 0 Å². The van der Waals surface area contributed by atoms with Crippen molar-refractivity contribution in [2.24, 2.45) is 5.92 Å². The van der Waals surface area contributed by atoms with Crippen molar-refractivity contribution in [1.82, 2.24) is 9.78 Å². The van der Waals surface area contributed by atoms with Crippen LogP contribution in [0.15, 0.2) is 12.4 Å². The van der Waals surface area contributed by atoms with Gasteiger partial charge in [0.05, 0.1) is 12.7 Å². The lowest BCUT2D eigenvalue weighted by molar-refractivity contribution is -0.111. The third kappa shape index (κ3) is 2.68. The monoisotopic (exact) mass is 180 g/mol. The maximum Gasteiger partial charge on any atom is 0.124 e. The minimum atomic E-state index is 0.0416. The van der Waals surface area contributed by atoms with Crippen LogP contribution in [0.2, 0.25) is 0 Å². The Bertz CT molecular complexity index is 278. The predicted octanol–water partition coefficient (Wildman–Crippen LogP) is 1.84. The minimum Gasteiger partial charge on any atom is -0.303 e. The lowest BCUT2D eigenvalue weighted by atomic mass is 10.1. The second-order valence-electron chi connectivity index (χ2n) is 3.76. The molecule has 0 saturated carbocycles. The van der Waals surface area contributed by atoms with Crippen LogP contribution < -0.4 is 0 Å². The number of rotatable bonds is 4. The molecule has 3 nitrogen and oxygen atoms in total. The summed E-state index contributed by atoms with van der Waals surface area (Å²) in [6, 6.07) is 0. The Morgan fingerprint density at radius 2 is 2.23 bits per heavy atom. The molecule has 0 aliphatic rings. The van der Waals surface area contributed by atoms with E-state index in [-0.39, 0.29) is 5.92 Å². The zero-order chi connectivity index (χ0) is 9.84. The van der Waals surface area contributed by atoms with Crippen molar-refractivity contribution in [3.63, 3.8) is 0 Å². The molecule has 3 heteroatoms. The first kappa shape index (κ1) is 9.96. The molecule has 1 unspecified atom stereocenters. The predicted molar refractivity (Wildman–Crippen MR) is 51.5 cm³/mol. The summed E-state index contributed by atoms with van der Waals surface area (Å²) in [5.41, 5.74) is 1.22. The number of hydrogen-bond acceptors (Lipinski definition) is 2. The van der Waals surface area contributed by atoms with Gasteiger partial charge in [0.1, 0.15) is 6.29 Å². The third-order valence-electron chi connectivity index (χ3n) is 2.03. The Balaban J connectivity index is 2.63. The van der Waals surface area contributed by atoms with Crippen molar-refractivity contribution in [2.75, 3.05) is 0 Å². The fraction of sp³-hybridized carbons (Fsp3) is 0.600. The number of hydrogen-bond donors (Lipinski definition) is 0. The fourth-order valence-corrected chi connectivity index (χ4v) is 1.12. The SMILES string of the molecule is CC(C=O)Cn1cc(C(C)C)cn1. The highest BCUT2D eigenvalue weighted by Crippen LogP contribution is 2.12. The number of nitrogens with zero attached hydrogens (tertiary/aromatic N) is 2. The molecule has 13 heavy (non-hydrogen) atoms. The van der Waals surface area contributed by atoms with E-state index in [1.807, 2.05) is 24.0 Å².